The van der Waals surface area contributed by atoms with Gasteiger partial charge in [0.2, 0.25) is 0 Å². The van der Waals surface area contributed by atoms with Crippen molar-refractivity contribution in [2.75, 3.05) is 0 Å². The van der Waals surface area contributed by atoms with Crippen molar-refractivity contribution >= 4 is 21.5 Å². The second-order valence-electron chi connectivity index (χ2n) is 12.9. The van der Waals surface area contributed by atoms with E-state index < -0.39 is 0 Å². The van der Waals surface area contributed by atoms with Crippen LogP contribution in [0.2, 0.25) is 0 Å². The Bertz CT molecular complexity index is 2420. The predicted molar refractivity (Wildman–Crippen MR) is 194 cm³/mol. The van der Waals surface area contributed by atoms with Crippen LogP contribution in [0, 0.1) is 0 Å². The SMILES string of the molecule is CC1(C)c2ccccc2-c2cc3ccc4cc(-c5cccc(-c6nc(-c7ccccc7)nc(-c7ccccc7)n6)c5)ccc4c3cc21. The molecule has 0 radical (unpaired) electrons. The quantitative estimate of drug-likeness (QED) is 0.188. The standard InChI is InChI=1S/C44H31N3/c1-44(2)39-19-10-9-18-36(39)38-26-33-21-20-32-24-31(22-23-35(32)37(33)27-40(38)44)30-16-11-17-34(25-30)43-46-41(28-12-5-3-6-13-28)45-42(47-43)29-14-7-4-8-15-29/h3-27H,1-2H3. The molecule has 9 rings (SSSR count). The third kappa shape index (κ3) is 4.54. The summed E-state index contributed by atoms with van der Waals surface area (Å²) in [6, 6.07) is 53.8. The molecule has 7 aromatic carbocycles. The maximum atomic E-state index is 4.95. The van der Waals surface area contributed by atoms with Gasteiger partial charge in [-0.2, -0.15) is 0 Å². The van der Waals surface area contributed by atoms with E-state index in [-0.39, 0.29) is 5.41 Å². The van der Waals surface area contributed by atoms with E-state index in [4.69, 9.17) is 15.0 Å². The van der Waals surface area contributed by atoms with Crippen molar-refractivity contribution in [1.29, 1.82) is 0 Å². The summed E-state index contributed by atoms with van der Waals surface area (Å²) in [7, 11) is 0. The fourth-order valence-electron chi connectivity index (χ4n) is 7.22. The highest BCUT2D eigenvalue weighted by Crippen LogP contribution is 2.50. The Hall–Kier alpha value is -5.93. The molecule has 0 saturated carbocycles. The summed E-state index contributed by atoms with van der Waals surface area (Å²) in [5, 5.41) is 5.08. The fraction of sp³-hybridized carbons (Fsp3) is 0.0682. The summed E-state index contributed by atoms with van der Waals surface area (Å²) < 4.78 is 0. The topological polar surface area (TPSA) is 38.7 Å². The molecule has 0 saturated heterocycles. The summed E-state index contributed by atoms with van der Waals surface area (Å²) in [4.78, 5) is 14.8. The number of benzene rings is 7. The average Bonchev–Trinajstić information content (AvgIpc) is 3.36. The van der Waals surface area contributed by atoms with Crippen LogP contribution in [0.5, 0.6) is 0 Å². The first-order chi connectivity index (χ1) is 23.0. The largest absolute Gasteiger partial charge is 0.208 e. The van der Waals surface area contributed by atoms with Crippen LogP contribution in [0.3, 0.4) is 0 Å². The van der Waals surface area contributed by atoms with Crippen LogP contribution in [0.1, 0.15) is 25.0 Å². The summed E-state index contributed by atoms with van der Waals surface area (Å²) in [5.74, 6) is 1.98. The van der Waals surface area contributed by atoms with Gasteiger partial charge >= 0.3 is 0 Å². The Balaban J connectivity index is 1.14. The lowest BCUT2D eigenvalue weighted by Crippen LogP contribution is -2.14. The van der Waals surface area contributed by atoms with Gasteiger partial charge in [-0.05, 0) is 79.2 Å². The zero-order valence-corrected chi connectivity index (χ0v) is 26.3. The molecular formula is C44H31N3. The zero-order valence-electron chi connectivity index (χ0n) is 26.3. The van der Waals surface area contributed by atoms with Gasteiger partial charge in [-0.15, -0.1) is 0 Å². The van der Waals surface area contributed by atoms with Crippen LogP contribution in [0.15, 0.2) is 152 Å². The van der Waals surface area contributed by atoms with Gasteiger partial charge in [-0.25, -0.2) is 15.0 Å². The van der Waals surface area contributed by atoms with Gasteiger partial charge in [-0.3, -0.25) is 0 Å². The lowest BCUT2D eigenvalue weighted by atomic mass is 9.81. The summed E-state index contributed by atoms with van der Waals surface area (Å²) >= 11 is 0. The van der Waals surface area contributed by atoms with Crippen molar-refractivity contribution in [1.82, 2.24) is 15.0 Å². The number of rotatable bonds is 4. The Morgan fingerprint density at radius 2 is 0.915 bits per heavy atom. The molecule has 0 fully saturated rings. The van der Waals surface area contributed by atoms with Crippen LogP contribution >= 0.6 is 0 Å². The van der Waals surface area contributed by atoms with Gasteiger partial charge in [0.15, 0.2) is 17.5 Å². The third-order valence-electron chi connectivity index (χ3n) is 9.69. The Labute approximate surface area is 274 Å². The van der Waals surface area contributed by atoms with E-state index in [1.54, 1.807) is 0 Å². The molecule has 0 aliphatic heterocycles. The van der Waals surface area contributed by atoms with Crippen molar-refractivity contribution < 1.29 is 0 Å². The van der Waals surface area contributed by atoms with Gasteiger partial charge < -0.3 is 0 Å². The number of hydrogen-bond donors (Lipinski definition) is 0. The van der Waals surface area contributed by atoms with Gasteiger partial charge in [0.25, 0.3) is 0 Å². The molecule has 1 aliphatic carbocycles. The van der Waals surface area contributed by atoms with Gasteiger partial charge in [-0.1, -0.05) is 141 Å². The number of aromatic nitrogens is 3. The monoisotopic (exact) mass is 601 g/mol. The van der Waals surface area contributed by atoms with E-state index in [9.17, 15) is 0 Å². The molecule has 3 heteroatoms. The van der Waals surface area contributed by atoms with Crippen LogP contribution in [0.25, 0.3) is 78.0 Å². The lowest BCUT2D eigenvalue weighted by molar-refractivity contribution is 0.661. The summed E-state index contributed by atoms with van der Waals surface area (Å²) in [6.07, 6.45) is 0. The zero-order chi connectivity index (χ0) is 31.5. The summed E-state index contributed by atoms with van der Waals surface area (Å²) in [5.41, 5.74) is 10.7. The molecular weight excluding hydrogens is 571 g/mol. The molecule has 1 aliphatic rings. The van der Waals surface area contributed by atoms with Crippen molar-refractivity contribution in [2.45, 2.75) is 19.3 Å². The smallest absolute Gasteiger partial charge is 0.164 e. The number of nitrogens with zero attached hydrogens (tertiary/aromatic N) is 3. The number of fused-ring (bicyclic) bond motifs is 6. The number of hydrogen-bond acceptors (Lipinski definition) is 3. The molecule has 1 aromatic heterocycles. The minimum Gasteiger partial charge on any atom is -0.208 e. The fourth-order valence-corrected chi connectivity index (χ4v) is 7.22. The maximum Gasteiger partial charge on any atom is 0.164 e. The van der Waals surface area contributed by atoms with E-state index in [1.165, 1.54) is 43.8 Å². The average molecular weight is 602 g/mol. The van der Waals surface area contributed by atoms with Crippen LogP contribution in [-0.2, 0) is 5.41 Å². The molecule has 0 N–H and O–H groups in total. The van der Waals surface area contributed by atoms with Crippen molar-refractivity contribution in [3.05, 3.63) is 163 Å². The van der Waals surface area contributed by atoms with Crippen molar-refractivity contribution in [2.24, 2.45) is 0 Å². The minimum absolute atomic E-state index is 0.0293. The van der Waals surface area contributed by atoms with Gasteiger partial charge in [0.05, 0.1) is 0 Å². The lowest BCUT2D eigenvalue weighted by Gasteiger charge is -2.22. The molecule has 0 spiro atoms. The van der Waals surface area contributed by atoms with Crippen LogP contribution in [0.4, 0.5) is 0 Å². The first-order valence-electron chi connectivity index (χ1n) is 16.1. The van der Waals surface area contributed by atoms with Crippen molar-refractivity contribution in [3.8, 4) is 56.4 Å². The normalized spacial score (nSPS) is 13.1. The van der Waals surface area contributed by atoms with Gasteiger partial charge in [0.1, 0.15) is 0 Å². The maximum absolute atomic E-state index is 4.95. The second-order valence-corrected chi connectivity index (χ2v) is 12.9. The van der Waals surface area contributed by atoms with Crippen LogP contribution < -0.4 is 0 Å². The molecule has 8 aromatic rings. The predicted octanol–water partition coefficient (Wildman–Crippen LogP) is 11.2. The second kappa shape index (κ2) is 10.6. The Kier molecular flexibility index (Phi) is 6.16. The summed E-state index contributed by atoms with van der Waals surface area (Å²) in [6.45, 7) is 4.69. The van der Waals surface area contributed by atoms with E-state index >= 15 is 0 Å². The Morgan fingerprint density at radius 1 is 0.362 bits per heavy atom. The molecule has 47 heavy (non-hydrogen) atoms. The third-order valence-corrected chi connectivity index (χ3v) is 9.69. The molecule has 0 bridgehead atoms. The van der Waals surface area contributed by atoms with E-state index in [1.807, 2.05) is 60.7 Å². The molecule has 222 valence electrons. The highest BCUT2D eigenvalue weighted by molar-refractivity contribution is 6.10. The van der Waals surface area contributed by atoms with Crippen LogP contribution in [-0.4, -0.2) is 15.0 Å². The first kappa shape index (κ1) is 27.4. The van der Waals surface area contributed by atoms with E-state index in [0.717, 1.165) is 27.8 Å². The van der Waals surface area contributed by atoms with Crippen molar-refractivity contribution in [3.63, 3.8) is 0 Å². The molecule has 0 atom stereocenters. The molecule has 0 unspecified atom stereocenters. The van der Waals surface area contributed by atoms with E-state index in [2.05, 4.69) is 105 Å². The molecule has 3 nitrogen and oxygen atoms in total. The van der Waals surface area contributed by atoms with E-state index in [0.29, 0.717) is 17.5 Å². The molecule has 1 heterocycles. The highest BCUT2D eigenvalue weighted by Gasteiger charge is 2.35. The molecule has 0 amide bonds. The first-order valence-corrected chi connectivity index (χ1v) is 16.1. The highest BCUT2D eigenvalue weighted by atomic mass is 15.0. The van der Waals surface area contributed by atoms with Gasteiger partial charge in [0, 0.05) is 22.1 Å². The Morgan fingerprint density at radius 3 is 1.62 bits per heavy atom. The minimum atomic E-state index is -0.0293.